The van der Waals surface area contributed by atoms with Crippen molar-refractivity contribution >= 4 is 53.8 Å². The van der Waals surface area contributed by atoms with Crippen LogP contribution in [0.5, 0.6) is 23.0 Å². The zero-order chi connectivity index (χ0) is 43.9. The van der Waals surface area contributed by atoms with E-state index in [-0.39, 0.29) is 22.4 Å². The molecule has 0 unspecified atom stereocenters. The van der Waals surface area contributed by atoms with E-state index in [1.165, 1.54) is 44.6 Å². The predicted molar refractivity (Wildman–Crippen MR) is 216 cm³/mol. The topological polar surface area (TPSA) is 219 Å². The fraction of sp³-hybridized carbons (Fsp3) is 0.436. The standard InChI is InChI=1S/C39H49BrFN5O11Si/c1-38(2,3)56-37(52)45-30(22-18-26(47)33(54-8)27(48)19-22)35(50)43-29(20-13-15-28(53-7)23(40)16-20)34(49)44-31(36(51)55-9)32(57-58(10,11)39(4,5)6)21-12-14-24(41)25(17-21)46-42/h12-19,29-32H,1-11H3,(H4-,43,44,45,47,48,49,50,52)/p+1/t29-,30-,31+,32-/m1/s1. The maximum Gasteiger partial charge on any atom is 0.420 e. The number of alkyl carbamates (subject to hydrolysis) is 1. The minimum atomic E-state index is -2.84. The van der Waals surface area contributed by atoms with E-state index in [2.05, 4.69) is 36.9 Å². The summed E-state index contributed by atoms with van der Waals surface area (Å²) < 4.78 is 42.5. The van der Waals surface area contributed by atoms with Crippen LogP contribution in [0.1, 0.15) is 76.4 Å². The number of diazo groups is 1. The first kappa shape index (κ1) is 46.9. The Bertz CT molecular complexity index is 2040. The van der Waals surface area contributed by atoms with Gasteiger partial charge in [-0.2, -0.15) is 4.39 Å². The Morgan fingerprint density at radius 3 is 1.88 bits per heavy atom. The number of methoxy groups -OCH3 is 3. The Balaban J connectivity index is 2.23. The molecule has 0 saturated heterocycles. The summed E-state index contributed by atoms with van der Waals surface area (Å²) in [5, 5.41) is 38.0. The van der Waals surface area contributed by atoms with Gasteiger partial charge in [-0.3, -0.25) is 9.59 Å². The number of phenols is 2. The van der Waals surface area contributed by atoms with Crippen LogP contribution in [0.4, 0.5) is 14.9 Å². The van der Waals surface area contributed by atoms with Crippen LogP contribution < -0.4 is 25.4 Å². The van der Waals surface area contributed by atoms with Crippen LogP contribution in [0.15, 0.2) is 53.0 Å². The third-order valence-corrected chi connectivity index (χ3v) is 14.4. The lowest BCUT2D eigenvalue weighted by molar-refractivity contribution is -0.148. The van der Waals surface area contributed by atoms with Gasteiger partial charge in [0.1, 0.15) is 29.5 Å². The van der Waals surface area contributed by atoms with E-state index in [1.54, 1.807) is 20.8 Å². The molecule has 3 rings (SSSR count). The van der Waals surface area contributed by atoms with Crippen LogP contribution in [0.2, 0.25) is 18.1 Å². The van der Waals surface area contributed by atoms with Gasteiger partial charge in [0.15, 0.2) is 30.8 Å². The van der Waals surface area contributed by atoms with Crippen LogP contribution in [0, 0.1) is 11.2 Å². The lowest BCUT2D eigenvalue weighted by Crippen LogP contribution is -2.54. The number of rotatable bonds is 14. The fourth-order valence-electron chi connectivity index (χ4n) is 5.34. The number of benzene rings is 3. The lowest BCUT2D eigenvalue weighted by Gasteiger charge is -2.41. The van der Waals surface area contributed by atoms with Gasteiger partial charge in [0.2, 0.25) is 28.8 Å². The summed E-state index contributed by atoms with van der Waals surface area (Å²) in [7, 11) is 0.881. The summed E-state index contributed by atoms with van der Waals surface area (Å²) >= 11 is 3.40. The number of ether oxygens (including phenoxy) is 4. The first-order valence-electron chi connectivity index (χ1n) is 17.8. The van der Waals surface area contributed by atoms with Crippen molar-refractivity contribution in [3.63, 3.8) is 0 Å². The highest BCUT2D eigenvalue weighted by Gasteiger charge is 2.45. The van der Waals surface area contributed by atoms with Crippen LogP contribution >= 0.6 is 15.9 Å². The highest BCUT2D eigenvalue weighted by molar-refractivity contribution is 9.10. The van der Waals surface area contributed by atoms with Gasteiger partial charge in [-0.15, -0.1) is 0 Å². The SMILES string of the molecule is COC(=O)[C@@H](NC(=O)[C@H](NC(=O)[C@H](NC(=O)OC(C)(C)C)c1cc(O)c(OC)c(O)c1)c1ccc(OC)c(Br)c1)[C@H](O[Si](C)(C)C(C)(C)C)c1ccc(F)c([N+]#N)c1. The maximum atomic E-state index is 14.7. The fourth-order valence-corrected chi connectivity index (χ4v) is 7.16. The number of esters is 1. The van der Waals surface area contributed by atoms with Crippen molar-refractivity contribution in [2.75, 3.05) is 21.3 Å². The normalized spacial score (nSPS) is 13.8. The number of nitrogens with zero attached hydrogens (tertiary/aromatic N) is 2. The van der Waals surface area contributed by atoms with Crippen LogP contribution in [0.3, 0.4) is 0 Å². The second-order valence-corrected chi connectivity index (χ2v) is 21.2. The maximum absolute atomic E-state index is 14.7. The van der Waals surface area contributed by atoms with E-state index in [9.17, 15) is 39.2 Å². The van der Waals surface area contributed by atoms with E-state index in [0.717, 1.165) is 25.3 Å². The van der Waals surface area contributed by atoms with Gasteiger partial charge in [0.25, 0.3) is 0 Å². The molecule has 0 bridgehead atoms. The number of halogens is 2. The molecule has 3 aromatic rings. The quantitative estimate of drug-likeness (QED) is 0.0610. The third-order valence-electron chi connectivity index (χ3n) is 9.28. The van der Waals surface area contributed by atoms with Crippen molar-refractivity contribution < 1.29 is 57.2 Å². The average Bonchev–Trinajstić information content (AvgIpc) is 3.12. The second-order valence-electron chi connectivity index (χ2n) is 15.6. The van der Waals surface area contributed by atoms with Crippen LogP contribution in [-0.2, 0) is 28.3 Å². The Kier molecular flexibility index (Phi) is 15.3. The number of aromatic hydroxyl groups is 2. The zero-order valence-electron chi connectivity index (χ0n) is 34.1. The Morgan fingerprint density at radius 2 is 1.38 bits per heavy atom. The molecule has 0 aliphatic heterocycles. The van der Waals surface area contributed by atoms with Gasteiger partial charge in [-0.05, 0) is 102 Å². The number of carbonyl (C=O) groups excluding carboxylic acids is 4. The first-order chi connectivity index (χ1) is 26.9. The largest absolute Gasteiger partial charge is 0.504 e. The van der Waals surface area contributed by atoms with E-state index >= 15 is 0 Å². The second kappa shape index (κ2) is 18.9. The van der Waals surface area contributed by atoms with E-state index in [4.69, 9.17) is 23.4 Å². The molecule has 5 N–H and O–H groups in total. The number of nitrogens with one attached hydrogen (secondary N) is 3. The van der Waals surface area contributed by atoms with Gasteiger partial charge in [0.05, 0.1) is 25.8 Å². The Hall–Kier alpha value is -5.45. The highest BCUT2D eigenvalue weighted by atomic mass is 79.9. The summed E-state index contributed by atoms with van der Waals surface area (Å²) in [4.78, 5) is 58.8. The van der Waals surface area contributed by atoms with Gasteiger partial charge in [0, 0.05) is 6.07 Å². The van der Waals surface area contributed by atoms with E-state index in [1.807, 2.05) is 33.9 Å². The molecule has 0 saturated carbocycles. The summed E-state index contributed by atoms with van der Waals surface area (Å²) in [6.45, 7) is 14.4. The van der Waals surface area contributed by atoms with Crippen molar-refractivity contribution in [3.8, 4) is 23.0 Å². The zero-order valence-corrected chi connectivity index (χ0v) is 36.7. The molecule has 0 aromatic heterocycles. The molecular weight excluding hydrogens is 841 g/mol. The van der Waals surface area contributed by atoms with Gasteiger partial charge >= 0.3 is 17.7 Å². The predicted octanol–water partition coefficient (Wildman–Crippen LogP) is 7.35. The molecule has 0 aliphatic rings. The molecule has 314 valence electrons. The minimum absolute atomic E-state index is 0.133. The molecular formula is C39H50BrFN5O11Si+. The summed E-state index contributed by atoms with van der Waals surface area (Å²) in [6, 6.07) is 5.13. The molecule has 0 spiro atoms. The van der Waals surface area contributed by atoms with Crippen molar-refractivity contribution in [1.29, 1.82) is 5.39 Å². The summed E-state index contributed by atoms with van der Waals surface area (Å²) in [6.07, 6.45) is -2.40. The van der Waals surface area contributed by atoms with Gasteiger partial charge in [-0.25, -0.2) is 9.59 Å². The van der Waals surface area contributed by atoms with Gasteiger partial charge < -0.3 is 49.5 Å². The molecule has 19 heteroatoms. The van der Waals surface area contributed by atoms with Crippen molar-refractivity contribution in [1.82, 2.24) is 16.0 Å². The summed E-state index contributed by atoms with van der Waals surface area (Å²) in [5.41, 5.74) is -1.28. The minimum Gasteiger partial charge on any atom is -0.504 e. The Labute approximate surface area is 345 Å². The average molecular weight is 892 g/mol. The van der Waals surface area contributed by atoms with E-state index < -0.39 is 90.1 Å². The third kappa shape index (κ3) is 11.6. The molecule has 0 radical (unpaired) electrons. The number of hydrogen-bond donors (Lipinski definition) is 5. The number of amides is 3. The Morgan fingerprint density at radius 1 is 0.810 bits per heavy atom. The molecule has 16 nitrogen and oxygen atoms in total. The van der Waals surface area contributed by atoms with Crippen LogP contribution in [-0.4, -0.2) is 75.4 Å². The molecule has 3 amide bonds. The highest BCUT2D eigenvalue weighted by Crippen LogP contribution is 2.42. The molecule has 4 atom stereocenters. The summed E-state index contributed by atoms with van der Waals surface area (Å²) in [5.74, 6) is -4.91. The van der Waals surface area contributed by atoms with Crippen molar-refractivity contribution in [2.45, 2.75) is 89.5 Å². The molecule has 0 heterocycles. The molecule has 0 fully saturated rings. The molecule has 58 heavy (non-hydrogen) atoms. The van der Waals surface area contributed by atoms with Crippen LogP contribution in [0.25, 0.3) is 4.98 Å². The van der Waals surface area contributed by atoms with Crippen molar-refractivity contribution in [2.24, 2.45) is 0 Å². The lowest BCUT2D eigenvalue weighted by atomic mass is 9.99. The number of hydrogen-bond acceptors (Lipinski definition) is 12. The number of phenolic OH excluding ortho intramolecular Hbond substituents is 2. The number of carbonyl (C=O) groups is 4. The smallest absolute Gasteiger partial charge is 0.420 e. The van der Waals surface area contributed by atoms with Crippen molar-refractivity contribution in [3.05, 3.63) is 80.5 Å². The molecule has 0 aliphatic carbocycles. The first-order valence-corrected chi connectivity index (χ1v) is 21.5. The van der Waals surface area contributed by atoms with Gasteiger partial charge in [-0.1, -0.05) is 32.9 Å². The molecule has 3 aromatic carbocycles. The monoisotopic (exact) mass is 890 g/mol. The van der Waals surface area contributed by atoms with E-state index in [0.29, 0.717) is 10.2 Å².